The standard InChI is InChI=1S/C13H17N3O/c1-9-3-4-10(2)11(7-9)8-13-16-15-12(17-13)5-6-14/h3-4,7H,5-6,8,14H2,1-2H3. The first-order valence-corrected chi connectivity index (χ1v) is 5.76. The Morgan fingerprint density at radius 1 is 1.18 bits per heavy atom. The fraction of sp³-hybridized carbons (Fsp3) is 0.385. The first-order valence-electron chi connectivity index (χ1n) is 5.76. The van der Waals surface area contributed by atoms with E-state index in [4.69, 9.17) is 10.2 Å². The van der Waals surface area contributed by atoms with E-state index in [-0.39, 0.29) is 0 Å². The van der Waals surface area contributed by atoms with E-state index >= 15 is 0 Å². The second-order valence-corrected chi connectivity index (χ2v) is 4.23. The van der Waals surface area contributed by atoms with E-state index in [9.17, 15) is 0 Å². The Balaban J connectivity index is 2.16. The molecule has 0 amide bonds. The van der Waals surface area contributed by atoms with Gasteiger partial charge in [-0.2, -0.15) is 0 Å². The first-order chi connectivity index (χ1) is 8.19. The predicted octanol–water partition coefficient (Wildman–Crippen LogP) is 1.78. The molecular weight excluding hydrogens is 214 g/mol. The molecule has 0 saturated carbocycles. The van der Waals surface area contributed by atoms with Gasteiger partial charge in [-0.25, -0.2) is 0 Å². The van der Waals surface area contributed by atoms with Gasteiger partial charge in [-0.05, 0) is 25.0 Å². The fourth-order valence-electron chi connectivity index (χ4n) is 1.74. The highest BCUT2D eigenvalue weighted by Gasteiger charge is 2.08. The van der Waals surface area contributed by atoms with Crippen LogP contribution in [0.3, 0.4) is 0 Å². The molecule has 4 heteroatoms. The summed E-state index contributed by atoms with van der Waals surface area (Å²) in [5.41, 5.74) is 9.16. The number of hydrogen-bond acceptors (Lipinski definition) is 4. The zero-order chi connectivity index (χ0) is 12.3. The average Bonchev–Trinajstić information content (AvgIpc) is 2.72. The van der Waals surface area contributed by atoms with Crippen molar-refractivity contribution in [3.63, 3.8) is 0 Å². The molecule has 0 atom stereocenters. The Bertz CT molecular complexity index is 505. The molecule has 0 aliphatic carbocycles. The summed E-state index contributed by atoms with van der Waals surface area (Å²) >= 11 is 0. The zero-order valence-corrected chi connectivity index (χ0v) is 10.2. The SMILES string of the molecule is Cc1ccc(C)c(Cc2nnc(CCN)o2)c1. The Morgan fingerprint density at radius 3 is 2.71 bits per heavy atom. The Hall–Kier alpha value is -1.68. The topological polar surface area (TPSA) is 64.9 Å². The number of hydrogen-bond donors (Lipinski definition) is 1. The van der Waals surface area contributed by atoms with Crippen LogP contribution in [-0.2, 0) is 12.8 Å². The van der Waals surface area contributed by atoms with Gasteiger partial charge in [0, 0.05) is 13.0 Å². The minimum atomic E-state index is 0.533. The van der Waals surface area contributed by atoms with Crippen LogP contribution >= 0.6 is 0 Å². The lowest BCUT2D eigenvalue weighted by Crippen LogP contribution is -2.02. The summed E-state index contributed by atoms with van der Waals surface area (Å²) in [5.74, 6) is 1.27. The van der Waals surface area contributed by atoms with Crippen LogP contribution < -0.4 is 5.73 Å². The van der Waals surface area contributed by atoms with Crippen molar-refractivity contribution in [1.82, 2.24) is 10.2 Å². The van der Waals surface area contributed by atoms with Crippen LogP contribution in [0, 0.1) is 13.8 Å². The van der Waals surface area contributed by atoms with E-state index in [1.54, 1.807) is 0 Å². The van der Waals surface area contributed by atoms with Crippen LogP contribution in [0.4, 0.5) is 0 Å². The van der Waals surface area contributed by atoms with Gasteiger partial charge in [0.05, 0.1) is 6.42 Å². The van der Waals surface area contributed by atoms with Crippen LogP contribution in [0.25, 0.3) is 0 Å². The first kappa shape index (κ1) is 11.8. The lowest BCUT2D eigenvalue weighted by molar-refractivity contribution is 0.458. The van der Waals surface area contributed by atoms with Crippen LogP contribution in [-0.4, -0.2) is 16.7 Å². The lowest BCUT2D eigenvalue weighted by Gasteiger charge is -2.03. The number of rotatable bonds is 4. The molecule has 2 N–H and O–H groups in total. The molecule has 0 aliphatic heterocycles. The molecule has 0 unspecified atom stereocenters. The molecule has 17 heavy (non-hydrogen) atoms. The summed E-state index contributed by atoms with van der Waals surface area (Å²) in [5, 5.41) is 7.99. The minimum absolute atomic E-state index is 0.533. The third kappa shape index (κ3) is 2.91. The van der Waals surface area contributed by atoms with Crippen LogP contribution in [0.15, 0.2) is 22.6 Å². The molecule has 1 heterocycles. The highest BCUT2D eigenvalue weighted by molar-refractivity contribution is 5.32. The van der Waals surface area contributed by atoms with Gasteiger partial charge in [-0.15, -0.1) is 10.2 Å². The number of aryl methyl sites for hydroxylation is 2. The van der Waals surface area contributed by atoms with Crippen LogP contribution in [0.5, 0.6) is 0 Å². The third-order valence-electron chi connectivity index (χ3n) is 2.71. The number of nitrogens with two attached hydrogens (primary N) is 1. The number of aromatic nitrogens is 2. The molecule has 1 aromatic carbocycles. The van der Waals surface area contributed by atoms with E-state index in [1.807, 2.05) is 0 Å². The van der Waals surface area contributed by atoms with Crippen LogP contribution in [0.1, 0.15) is 28.5 Å². The average molecular weight is 231 g/mol. The van der Waals surface area contributed by atoms with Crippen molar-refractivity contribution >= 4 is 0 Å². The molecule has 0 aliphatic rings. The van der Waals surface area contributed by atoms with Gasteiger partial charge in [0.25, 0.3) is 0 Å². The summed E-state index contributed by atoms with van der Waals surface area (Å²) in [6.45, 7) is 4.70. The van der Waals surface area contributed by atoms with E-state index < -0.39 is 0 Å². The number of benzene rings is 1. The minimum Gasteiger partial charge on any atom is -0.425 e. The van der Waals surface area contributed by atoms with Gasteiger partial charge >= 0.3 is 0 Å². The fourth-order valence-corrected chi connectivity index (χ4v) is 1.74. The van der Waals surface area contributed by atoms with E-state index in [0.29, 0.717) is 31.2 Å². The van der Waals surface area contributed by atoms with Crippen molar-refractivity contribution in [2.45, 2.75) is 26.7 Å². The second-order valence-electron chi connectivity index (χ2n) is 4.23. The quantitative estimate of drug-likeness (QED) is 0.871. The molecule has 90 valence electrons. The predicted molar refractivity (Wildman–Crippen MR) is 65.8 cm³/mol. The highest BCUT2D eigenvalue weighted by Crippen LogP contribution is 2.15. The molecule has 0 spiro atoms. The van der Waals surface area contributed by atoms with Crippen molar-refractivity contribution in [1.29, 1.82) is 0 Å². The van der Waals surface area contributed by atoms with Gasteiger partial charge in [0.1, 0.15) is 0 Å². The number of nitrogens with zero attached hydrogens (tertiary/aromatic N) is 2. The molecule has 0 fully saturated rings. The summed E-state index contributed by atoms with van der Waals surface area (Å²) < 4.78 is 5.52. The molecular formula is C13H17N3O. The summed E-state index contributed by atoms with van der Waals surface area (Å²) in [4.78, 5) is 0. The van der Waals surface area contributed by atoms with Gasteiger partial charge in [-0.3, -0.25) is 0 Å². The molecule has 0 radical (unpaired) electrons. The Morgan fingerprint density at radius 2 is 1.94 bits per heavy atom. The maximum absolute atomic E-state index is 5.52. The second kappa shape index (κ2) is 5.10. The van der Waals surface area contributed by atoms with Gasteiger partial charge < -0.3 is 10.2 Å². The van der Waals surface area contributed by atoms with Crippen molar-refractivity contribution < 1.29 is 4.42 Å². The Labute approximate surface area is 101 Å². The van der Waals surface area contributed by atoms with Gasteiger partial charge in [0.2, 0.25) is 11.8 Å². The van der Waals surface area contributed by atoms with E-state index in [0.717, 1.165) is 0 Å². The third-order valence-corrected chi connectivity index (χ3v) is 2.71. The van der Waals surface area contributed by atoms with Crippen molar-refractivity contribution in [3.8, 4) is 0 Å². The molecule has 2 rings (SSSR count). The van der Waals surface area contributed by atoms with E-state index in [1.165, 1.54) is 16.7 Å². The summed E-state index contributed by atoms with van der Waals surface area (Å²) in [7, 11) is 0. The van der Waals surface area contributed by atoms with Crippen molar-refractivity contribution in [2.24, 2.45) is 5.73 Å². The van der Waals surface area contributed by atoms with Crippen molar-refractivity contribution in [2.75, 3.05) is 6.54 Å². The van der Waals surface area contributed by atoms with E-state index in [2.05, 4.69) is 42.2 Å². The summed E-state index contributed by atoms with van der Waals surface area (Å²) in [6, 6.07) is 6.37. The molecule has 0 saturated heterocycles. The largest absolute Gasteiger partial charge is 0.425 e. The van der Waals surface area contributed by atoms with Crippen LogP contribution in [0.2, 0.25) is 0 Å². The normalized spacial score (nSPS) is 10.8. The van der Waals surface area contributed by atoms with Crippen molar-refractivity contribution in [3.05, 3.63) is 46.7 Å². The Kier molecular flexibility index (Phi) is 3.54. The molecule has 0 bridgehead atoms. The smallest absolute Gasteiger partial charge is 0.220 e. The molecule has 2 aromatic rings. The maximum Gasteiger partial charge on any atom is 0.220 e. The molecule has 4 nitrogen and oxygen atoms in total. The maximum atomic E-state index is 5.52. The van der Waals surface area contributed by atoms with Gasteiger partial charge in [0.15, 0.2) is 0 Å². The zero-order valence-electron chi connectivity index (χ0n) is 10.2. The summed E-state index contributed by atoms with van der Waals surface area (Å²) in [6.07, 6.45) is 1.32. The monoisotopic (exact) mass is 231 g/mol. The lowest BCUT2D eigenvalue weighted by atomic mass is 10.0. The highest BCUT2D eigenvalue weighted by atomic mass is 16.4. The van der Waals surface area contributed by atoms with Gasteiger partial charge in [-0.1, -0.05) is 23.8 Å². The molecule has 1 aromatic heterocycles.